The van der Waals surface area contributed by atoms with Crippen LogP contribution in [0.4, 0.5) is 0 Å². The Morgan fingerprint density at radius 2 is 0.977 bits per heavy atom. The summed E-state index contributed by atoms with van der Waals surface area (Å²) >= 11 is 0. The molecule has 0 aliphatic carbocycles. The molecule has 6 aromatic carbocycles. The second-order valence-corrected chi connectivity index (χ2v) is 11.2. The first-order chi connectivity index (χ1) is 21.8. The number of nitrogens with zero attached hydrogens (tertiary/aromatic N) is 2. The van der Waals surface area contributed by atoms with Crippen LogP contribution in [0.2, 0.25) is 0 Å². The van der Waals surface area contributed by atoms with E-state index in [1.54, 1.807) is 0 Å². The molecule has 206 valence electrons. The van der Waals surface area contributed by atoms with Crippen molar-refractivity contribution in [3.8, 4) is 39.3 Å². The highest BCUT2D eigenvalue weighted by molar-refractivity contribution is 6.10. The van der Waals surface area contributed by atoms with E-state index in [4.69, 9.17) is 9.40 Å². The van der Waals surface area contributed by atoms with Crippen molar-refractivity contribution in [2.24, 2.45) is 0 Å². The number of rotatable bonds is 4. The Labute approximate surface area is 254 Å². The molecule has 3 nitrogen and oxygen atoms in total. The van der Waals surface area contributed by atoms with Crippen LogP contribution < -0.4 is 0 Å². The fourth-order valence-electron chi connectivity index (χ4n) is 6.50. The lowest BCUT2D eigenvalue weighted by Gasteiger charge is -2.11. The van der Waals surface area contributed by atoms with Crippen molar-refractivity contribution in [3.63, 3.8) is 0 Å². The van der Waals surface area contributed by atoms with Crippen molar-refractivity contribution in [1.82, 2.24) is 9.55 Å². The Morgan fingerprint density at radius 1 is 0.386 bits per heavy atom. The second kappa shape index (κ2) is 9.82. The Bertz CT molecular complexity index is 2490. The van der Waals surface area contributed by atoms with Crippen molar-refractivity contribution >= 4 is 43.7 Å². The largest absolute Gasteiger partial charge is 0.456 e. The molecule has 0 atom stereocenters. The first-order valence-corrected chi connectivity index (χ1v) is 14.9. The van der Waals surface area contributed by atoms with Gasteiger partial charge in [0.2, 0.25) is 0 Å². The van der Waals surface area contributed by atoms with E-state index in [9.17, 15) is 0 Å². The van der Waals surface area contributed by atoms with E-state index in [-0.39, 0.29) is 0 Å². The highest BCUT2D eigenvalue weighted by Gasteiger charge is 2.16. The molecule has 44 heavy (non-hydrogen) atoms. The summed E-state index contributed by atoms with van der Waals surface area (Å²) in [4.78, 5) is 5.29. The maximum absolute atomic E-state index is 6.12. The molecular weight excluding hydrogens is 536 g/mol. The third kappa shape index (κ3) is 3.94. The lowest BCUT2D eigenvalue weighted by Crippen LogP contribution is -1.93. The highest BCUT2D eigenvalue weighted by Crippen LogP contribution is 2.37. The van der Waals surface area contributed by atoms with E-state index in [0.29, 0.717) is 0 Å². The molecule has 0 saturated carbocycles. The predicted molar refractivity (Wildman–Crippen MR) is 182 cm³/mol. The first-order valence-electron chi connectivity index (χ1n) is 14.9. The summed E-state index contributed by atoms with van der Waals surface area (Å²) in [5.41, 5.74) is 11.6. The number of pyridine rings is 1. The summed E-state index contributed by atoms with van der Waals surface area (Å²) in [5.74, 6) is 0. The molecular formula is C41H26N2O. The predicted octanol–water partition coefficient (Wildman–Crippen LogP) is 11.1. The molecule has 0 N–H and O–H groups in total. The van der Waals surface area contributed by atoms with Crippen molar-refractivity contribution in [2.75, 3.05) is 0 Å². The molecule has 3 heteroatoms. The van der Waals surface area contributed by atoms with Gasteiger partial charge in [0, 0.05) is 38.4 Å². The van der Waals surface area contributed by atoms with Gasteiger partial charge in [0.05, 0.1) is 22.4 Å². The SMILES string of the molecule is c1ccc(-c2cc(-c3ccc4oc5ccccc5c4c3)nc(-c3ccc4c(c3)c3ccccc3n4-c3ccccc3)c2)cc1. The average Bonchev–Trinajstić information content (AvgIpc) is 3.64. The normalized spacial score (nSPS) is 11.6. The van der Waals surface area contributed by atoms with Crippen LogP contribution in [0.5, 0.6) is 0 Å². The fraction of sp³-hybridized carbons (Fsp3) is 0. The minimum absolute atomic E-state index is 0.884. The number of hydrogen-bond acceptors (Lipinski definition) is 2. The molecule has 0 aliphatic heterocycles. The molecule has 3 heterocycles. The minimum Gasteiger partial charge on any atom is -0.456 e. The summed E-state index contributed by atoms with van der Waals surface area (Å²) in [6.45, 7) is 0. The number of benzene rings is 6. The van der Waals surface area contributed by atoms with Crippen molar-refractivity contribution in [2.45, 2.75) is 0 Å². The highest BCUT2D eigenvalue weighted by atomic mass is 16.3. The van der Waals surface area contributed by atoms with Gasteiger partial charge >= 0.3 is 0 Å². The zero-order valence-electron chi connectivity index (χ0n) is 23.8. The number of fused-ring (bicyclic) bond motifs is 6. The lowest BCUT2D eigenvalue weighted by atomic mass is 9.98. The van der Waals surface area contributed by atoms with Gasteiger partial charge in [0.25, 0.3) is 0 Å². The molecule has 0 fully saturated rings. The van der Waals surface area contributed by atoms with Crippen molar-refractivity contribution < 1.29 is 4.42 Å². The molecule has 3 aromatic heterocycles. The smallest absolute Gasteiger partial charge is 0.135 e. The first kappa shape index (κ1) is 24.6. The van der Waals surface area contributed by atoms with E-state index in [1.165, 1.54) is 21.8 Å². The van der Waals surface area contributed by atoms with Crippen LogP contribution in [0.3, 0.4) is 0 Å². The van der Waals surface area contributed by atoms with Gasteiger partial charge in [-0.3, -0.25) is 0 Å². The molecule has 0 amide bonds. The van der Waals surface area contributed by atoms with E-state index in [2.05, 4.69) is 150 Å². The van der Waals surface area contributed by atoms with Crippen LogP contribution in [-0.2, 0) is 0 Å². The van der Waals surface area contributed by atoms with Gasteiger partial charge in [-0.2, -0.15) is 0 Å². The van der Waals surface area contributed by atoms with Crippen LogP contribution in [0, 0.1) is 0 Å². The summed E-state index contributed by atoms with van der Waals surface area (Å²) in [7, 11) is 0. The molecule has 9 rings (SSSR count). The minimum atomic E-state index is 0.884. The maximum Gasteiger partial charge on any atom is 0.135 e. The Balaban J connectivity index is 1.26. The number of hydrogen-bond donors (Lipinski definition) is 0. The molecule has 0 aliphatic rings. The van der Waals surface area contributed by atoms with Crippen molar-refractivity contribution in [1.29, 1.82) is 0 Å². The molecule has 0 unspecified atom stereocenters. The summed E-state index contributed by atoms with van der Waals surface area (Å²) in [5, 5.41) is 4.65. The number of aromatic nitrogens is 2. The Hall–Kier alpha value is -5.93. The standard InChI is InChI=1S/C41H26N2O/c1-3-11-27(12-4-1)30-25-36(42-37(26-30)29-20-22-41-35(24-29)33-16-8-10-18-40(33)44-41)28-19-21-39-34(23-28)32-15-7-9-17-38(32)43(39)31-13-5-2-6-14-31/h1-26H. The topological polar surface area (TPSA) is 31.0 Å². The lowest BCUT2D eigenvalue weighted by molar-refractivity contribution is 0.669. The third-order valence-corrected chi connectivity index (χ3v) is 8.59. The van der Waals surface area contributed by atoms with E-state index >= 15 is 0 Å². The average molecular weight is 563 g/mol. The molecule has 0 radical (unpaired) electrons. The summed E-state index contributed by atoms with van der Waals surface area (Å²) in [6, 6.07) is 55.5. The third-order valence-electron chi connectivity index (χ3n) is 8.59. The van der Waals surface area contributed by atoms with Gasteiger partial charge < -0.3 is 8.98 Å². The van der Waals surface area contributed by atoms with Crippen LogP contribution in [0.1, 0.15) is 0 Å². The van der Waals surface area contributed by atoms with Crippen molar-refractivity contribution in [3.05, 3.63) is 158 Å². The van der Waals surface area contributed by atoms with Gasteiger partial charge in [-0.25, -0.2) is 4.98 Å². The van der Waals surface area contributed by atoms with E-state index < -0.39 is 0 Å². The van der Waals surface area contributed by atoms with Crippen LogP contribution in [0.25, 0.3) is 83.1 Å². The molecule has 0 spiro atoms. The van der Waals surface area contributed by atoms with Crippen LogP contribution >= 0.6 is 0 Å². The fourth-order valence-corrected chi connectivity index (χ4v) is 6.50. The number of para-hydroxylation sites is 3. The Kier molecular flexibility index (Phi) is 5.50. The van der Waals surface area contributed by atoms with Gasteiger partial charge in [-0.05, 0) is 77.9 Å². The van der Waals surface area contributed by atoms with Crippen LogP contribution in [-0.4, -0.2) is 9.55 Å². The summed E-state index contributed by atoms with van der Waals surface area (Å²) in [6.07, 6.45) is 0. The van der Waals surface area contributed by atoms with Gasteiger partial charge in [0.1, 0.15) is 11.2 Å². The zero-order chi connectivity index (χ0) is 29.0. The maximum atomic E-state index is 6.12. The summed E-state index contributed by atoms with van der Waals surface area (Å²) < 4.78 is 8.46. The van der Waals surface area contributed by atoms with Gasteiger partial charge in [-0.15, -0.1) is 0 Å². The molecule has 0 saturated heterocycles. The Morgan fingerprint density at radius 3 is 1.77 bits per heavy atom. The van der Waals surface area contributed by atoms with E-state index in [0.717, 1.165) is 61.3 Å². The number of furan rings is 1. The molecule has 9 aromatic rings. The van der Waals surface area contributed by atoms with E-state index in [1.807, 2.05) is 12.1 Å². The van der Waals surface area contributed by atoms with Gasteiger partial charge in [-0.1, -0.05) is 91.0 Å². The zero-order valence-corrected chi connectivity index (χ0v) is 23.8. The quantitative estimate of drug-likeness (QED) is 0.214. The van der Waals surface area contributed by atoms with Crippen LogP contribution in [0.15, 0.2) is 162 Å². The monoisotopic (exact) mass is 562 g/mol. The van der Waals surface area contributed by atoms with Gasteiger partial charge in [0.15, 0.2) is 0 Å². The second-order valence-electron chi connectivity index (χ2n) is 11.2. The molecule has 0 bridgehead atoms.